The summed E-state index contributed by atoms with van der Waals surface area (Å²) in [6.45, 7) is 3.79. The van der Waals surface area contributed by atoms with Gasteiger partial charge in [0.2, 0.25) is 15.9 Å². The maximum absolute atomic E-state index is 12.6. The van der Waals surface area contributed by atoms with E-state index in [0.29, 0.717) is 50.0 Å². The highest BCUT2D eigenvalue weighted by Gasteiger charge is 2.28. The molecule has 1 aromatic carbocycles. The minimum absolute atomic E-state index is 0.155. The van der Waals surface area contributed by atoms with Crippen LogP contribution in [0.15, 0.2) is 35.2 Å². The third kappa shape index (κ3) is 5.05. The summed E-state index contributed by atoms with van der Waals surface area (Å²) in [5, 5.41) is 3.01. The number of rotatable bonds is 7. The van der Waals surface area contributed by atoms with E-state index in [2.05, 4.69) is 10.2 Å². The summed E-state index contributed by atoms with van der Waals surface area (Å²) in [7, 11) is -3.40. The van der Waals surface area contributed by atoms with Crippen molar-refractivity contribution in [2.45, 2.75) is 37.0 Å². The lowest BCUT2D eigenvalue weighted by molar-refractivity contribution is -0.122. The van der Waals surface area contributed by atoms with E-state index >= 15 is 0 Å². The first-order chi connectivity index (χ1) is 12.6. The molecular weight excluding hydrogens is 350 g/mol. The van der Waals surface area contributed by atoms with Crippen LogP contribution in [-0.2, 0) is 14.8 Å². The molecule has 1 N–H and O–H groups in total. The molecule has 0 atom stereocenters. The molecule has 1 aliphatic heterocycles. The molecule has 7 heteroatoms. The summed E-state index contributed by atoms with van der Waals surface area (Å²) in [5.74, 6) is 0.726. The Morgan fingerprint density at radius 2 is 1.69 bits per heavy atom. The Kier molecular flexibility index (Phi) is 6.67. The zero-order chi connectivity index (χ0) is 18.4. The molecule has 2 fully saturated rings. The van der Waals surface area contributed by atoms with Crippen molar-refractivity contribution in [1.82, 2.24) is 14.5 Å². The molecule has 0 aromatic heterocycles. The maximum Gasteiger partial charge on any atom is 0.243 e. The number of hydrogen-bond acceptors (Lipinski definition) is 4. The van der Waals surface area contributed by atoms with Crippen molar-refractivity contribution in [3.63, 3.8) is 0 Å². The molecule has 1 aromatic rings. The number of carbonyl (C=O) groups is 1. The lowest BCUT2D eigenvalue weighted by Gasteiger charge is -2.34. The van der Waals surface area contributed by atoms with Crippen molar-refractivity contribution in [1.29, 1.82) is 0 Å². The predicted molar refractivity (Wildman–Crippen MR) is 101 cm³/mol. The highest BCUT2D eigenvalue weighted by atomic mass is 32.2. The van der Waals surface area contributed by atoms with Crippen LogP contribution >= 0.6 is 0 Å². The molecule has 1 aliphatic carbocycles. The smallest absolute Gasteiger partial charge is 0.243 e. The van der Waals surface area contributed by atoms with Crippen LogP contribution in [-0.4, -0.2) is 62.8 Å². The Morgan fingerprint density at radius 1 is 1.04 bits per heavy atom. The predicted octanol–water partition coefficient (Wildman–Crippen LogP) is 1.69. The number of amides is 1. The third-order valence-corrected chi connectivity index (χ3v) is 7.32. The van der Waals surface area contributed by atoms with Gasteiger partial charge in [-0.05, 0) is 30.9 Å². The van der Waals surface area contributed by atoms with Gasteiger partial charge in [-0.3, -0.25) is 9.69 Å². The Bertz CT molecular complexity index is 679. The summed E-state index contributed by atoms with van der Waals surface area (Å²) >= 11 is 0. The molecule has 2 aliphatic rings. The normalized spacial score (nSPS) is 20.3. The van der Waals surface area contributed by atoms with Crippen LogP contribution in [0.1, 0.15) is 32.1 Å². The molecular formula is C19H29N3O3S. The highest BCUT2D eigenvalue weighted by Crippen LogP contribution is 2.27. The Hall–Kier alpha value is -1.44. The summed E-state index contributed by atoms with van der Waals surface area (Å²) in [6, 6.07) is 8.59. The van der Waals surface area contributed by atoms with Gasteiger partial charge in [0, 0.05) is 45.7 Å². The number of nitrogens with one attached hydrogen (secondary N) is 1. The number of hydrogen-bond donors (Lipinski definition) is 1. The average Bonchev–Trinajstić information content (AvgIpc) is 3.16. The lowest BCUT2D eigenvalue weighted by Crippen LogP contribution is -2.50. The van der Waals surface area contributed by atoms with E-state index in [1.807, 2.05) is 6.07 Å². The second-order valence-corrected chi connectivity index (χ2v) is 9.20. The highest BCUT2D eigenvalue weighted by molar-refractivity contribution is 7.89. The minimum Gasteiger partial charge on any atom is -0.355 e. The molecule has 1 saturated heterocycles. The van der Waals surface area contributed by atoms with Crippen molar-refractivity contribution in [2.75, 3.05) is 39.3 Å². The topological polar surface area (TPSA) is 69.7 Å². The fourth-order valence-corrected chi connectivity index (χ4v) is 5.28. The van der Waals surface area contributed by atoms with Gasteiger partial charge >= 0.3 is 0 Å². The van der Waals surface area contributed by atoms with Crippen molar-refractivity contribution in [3.05, 3.63) is 30.3 Å². The zero-order valence-electron chi connectivity index (χ0n) is 15.3. The third-order valence-electron chi connectivity index (χ3n) is 5.41. The Labute approximate surface area is 156 Å². The van der Waals surface area contributed by atoms with Crippen molar-refractivity contribution < 1.29 is 13.2 Å². The molecule has 1 saturated carbocycles. The molecule has 3 rings (SSSR count). The SMILES string of the molecule is O=C(CC1CCCC1)NCCN1CCN(S(=O)(=O)c2ccccc2)CC1. The van der Waals surface area contributed by atoms with Crippen molar-refractivity contribution in [3.8, 4) is 0 Å². The molecule has 1 amide bonds. The number of sulfonamides is 1. The number of benzene rings is 1. The van der Waals surface area contributed by atoms with Gasteiger partial charge in [0.15, 0.2) is 0 Å². The number of piperazine rings is 1. The molecule has 6 nitrogen and oxygen atoms in total. The second kappa shape index (κ2) is 8.97. The maximum atomic E-state index is 12.6. The van der Waals surface area contributed by atoms with Gasteiger partial charge in [-0.1, -0.05) is 31.0 Å². The summed E-state index contributed by atoms with van der Waals surface area (Å²) in [5.41, 5.74) is 0. The monoisotopic (exact) mass is 379 g/mol. The molecule has 1 heterocycles. The molecule has 26 heavy (non-hydrogen) atoms. The van der Waals surface area contributed by atoms with Gasteiger partial charge in [-0.25, -0.2) is 8.42 Å². The van der Waals surface area contributed by atoms with Gasteiger partial charge in [-0.2, -0.15) is 4.31 Å². The van der Waals surface area contributed by atoms with Crippen LogP contribution in [0, 0.1) is 5.92 Å². The van der Waals surface area contributed by atoms with Crippen molar-refractivity contribution in [2.24, 2.45) is 5.92 Å². The van der Waals surface area contributed by atoms with Crippen LogP contribution in [0.2, 0.25) is 0 Å². The van der Waals surface area contributed by atoms with E-state index < -0.39 is 10.0 Å². The summed E-state index contributed by atoms with van der Waals surface area (Å²) < 4.78 is 26.8. The van der Waals surface area contributed by atoms with E-state index in [9.17, 15) is 13.2 Å². The molecule has 0 radical (unpaired) electrons. The Balaban J connectivity index is 1.38. The zero-order valence-corrected chi connectivity index (χ0v) is 16.1. The van der Waals surface area contributed by atoms with Gasteiger partial charge in [0.25, 0.3) is 0 Å². The fraction of sp³-hybridized carbons (Fsp3) is 0.632. The standard InChI is InChI=1S/C19H29N3O3S/c23-19(16-17-6-4-5-7-17)20-10-11-21-12-14-22(15-13-21)26(24,25)18-8-2-1-3-9-18/h1-3,8-9,17H,4-7,10-16H2,(H,20,23). The molecule has 0 bridgehead atoms. The van der Waals surface area contributed by atoms with Crippen LogP contribution in [0.25, 0.3) is 0 Å². The van der Waals surface area contributed by atoms with Crippen molar-refractivity contribution >= 4 is 15.9 Å². The van der Waals surface area contributed by atoms with Crippen LogP contribution in [0.5, 0.6) is 0 Å². The molecule has 0 unspecified atom stereocenters. The average molecular weight is 380 g/mol. The summed E-state index contributed by atoms with van der Waals surface area (Å²) in [6.07, 6.45) is 5.54. The first-order valence-electron chi connectivity index (χ1n) is 9.60. The fourth-order valence-electron chi connectivity index (χ4n) is 3.84. The number of carbonyl (C=O) groups excluding carboxylic acids is 1. The number of nitrogens with zero attached hydrogens (tertiary/aromatic N) is 2. The lowest BCUT2D eigenvalue weighted by atomic mass is 10.0. The van der Waals surface area contributed by atoms with Gasteiger partial charge in [0.1, 0.15) is 0 Å². The van der Waals surface area contributed by atoms with E-state index in [0.717, 1.165) is 6.54 Å². The van der Waals surface area contributed by atoms with E-state index in [-0.39, 0.29) is 5.91 Å². The molecule has 144 valence electrons. The van der Waals surface area contributed by atoms with E-state index in [4.69, 9.17) is 0 Å². The van der Waals surface area contributed by atoms with Crippen LogP contribution < -0.4 is 5.32 Å². The first kappa shape index (κ1) is 19.3. The first-order valence-corrected chi connectivity index (χ1v) is 11.0. The largest absolute Gasteiger partial charge is 0.355 e. The van der Waals surface area contributed by atoms with Gasteiger partial charge in [0.05, 0.1) is 4.90 Å². The van der Waals surface area contributed by atoms with Gasteiger partial charge in [-0.15, -0.1) is 0 Å². The molecule has 0 spiro atoms. The Morgan fingerprint density at radius 3 is 2.35 bits per heavy atom. The van der Waals surface area contributed by atoms with Gasteiger partial charge < -0.3 is 5.32 Å². The van der Waals surface area contributed by atoms with E-state index in [1.165, 1.54) is 25.7 Å². The summed E-state index contributed by atoms with van der Waals surface area (Å²) in [4.78, 5) is 14.5. The quantitative estimate of drug-likeness (QED) is 0.783. The second-order valence-electron chi connectivity index (χ2n) is 7.26. The minimum atomic E-state index is -3.40. The van der Waals surface area contributed by atoms with Crippen LogP contribution in [0.3, 0.4) is 0 Å². The van der Waals surface area contributed by atoms with Crippen LogP contribution in [0.4, 0.5) is 0 Å². The van der Waals surface area contributed by atoms with E-state index in [1.54, 1.807) is 28.6 Å².